The highest BCUT2D eigenvalue weighted by Gasteiger charge is 2.42. The van der Waals surface area contributed by atoms with Gasteiger partial charge in [0.05, 0.1) is 18.2 Å². The van der Waals surface area contributed by atoms with Gasteiger partial charge >= 0.3 is 12.1 Å². The first-order valence-electron chi connectivity index (χ1n) is 13.9. The zero-order valence-corrected chi connectivity index (χ0v) is 22.4. The first-order chi connectivity index (χ1) is 17.2. The molecule has 3 aliphatic rings. The molecule has 0 aromatic heterocycles. The van der Waals surface area contributed by atoms with Crippen molar-refractivity contribution in [2.45, 2.75) is 128 Å². The number of hydrogen-bond donors (Lipinski definition) is 2. The molecule has 1 aliphatic heterocycles. The van der Waals surface area contributed by atoms with E-state index in [-0.39, 0.29) is 25.7 Å². The van der Waals surface area contributed by atoms with Crippen LogP contribution in [0.3, 0.4) is 0 Å². The lowest BCUT2D eigenvalue weighted by molar-refractivity contribution is -0.142. The summed E-state index contributed by atoms with van der Waals surface area (Å²) in [6.45, 7) is 6.05. The summed E-state index contributed by atoms with van der Waals surface area (Å²) in [4.78, 5) is 24.9. The summed E-state index contributed by atoms with van der Waals surface area (Å²) < 4.78 is 11.0. The lowest BCUT2D eigenvalue weighted by Gasteiger charge is -2.30. The van der Waals surface area contributed by atoms with E-state index < -0.39 is 23.7 Å². The first-order valence-corrected chi connectivity index (χ1v) is 13.9. The number of hydrogen-bond acceptors (Lipinski definition) is 5. The van der Waals surface area contributed by atoms with Crippen LogP contribution in [0.15, 0.2) is 30.3 Å². The minimum absolute atomic E-state index is 0.118. The summed E-state index contributed by atoms with van der Waals surface area (Å²) in [5.41, 5.74) is 0.465. The van der Waals surface area contributed by atoms with E-state index in [0.29, 0.717) is 0 Å². The van der Waals surface area contributed by atoms with Crippen LogP contribution < -0.4 is 5.32 Å². The molecule has 2 unspecified atom stereocenters. The van der Waals surface area contributed by atoms with Crippen molar-refractivity contribution in [3.8, 4) is 0 Å². The van der Waals surface area contributed by atoms with Gasteiger partial charge in [0.25, 0.3) is 0 Å². The van der Waals surface area contributed by atoms with Gasteiger partial charge in [-0.15, -0.1) is 0 Å². The van der Waals surface area contributed by atoms with Crippen LogP contribution in [0.1, 0.15) is 97.0 Å². The Bertz CT molecular complexity index is 782. The predicted octanol–water partition coefficient (Wildman–Crippen LogP) is 5.91. The monoisotopic (exact) mass is 502 g/mol. The zero-order chi connectivity index (χ0) is 26.0. The molecule has 1 saturated heterocycles. The molecule has 2 N–H and O–H groups in total. The van der Waals surface area contributed by atoms with Crippen molar-refractivity contribution >= 4 is 12.1 Å². The molecule has 1 aromatic rings. The molecule has 202 valence electrons. The molecular formula is C29H46N2O5. The van der Waals surface area contributed by atoms with E-state index in [2.05, 4.69) is 5.32 Å². The third-order valence-corrected chi connectivity index (χ3v) is 7.19. The Hall–Kier alpha value is -2.12. The van der Waals surface area contributed by atoms with E-state index in [0.717, 1.165) is 17.6 Å². The number of aliphatic carboxylic acids is 1. The smallest absolute Gasteiger partial charge is 0.410 e. The highest BCUT2D eigenvalue weighted by molar-refractivity contribution is 5.80. The molecule has 7 heteroatoms. The molecule has 7 nitrogen and oxygen atoms in total. The number of carbonyl (C=O) groups is 2. The third kappa shape index (κ3) is 9.74. The van der Waals surface area contributed by atoms with Gasteiger partial charge < -0.3 is 19.9 Å². The first kappa shape index (κ1) is 28.5. The Kier molecular flexibility index (Phi) is 11.1. The predicted molar refractivity (Wildman–Crippen MR) is 141 cm³/mol. The minimum atomic E-state index is -1.04. The molecule has 3 fully saturated rings. The molecule has 0 bridgehead atoms. The van der Waals surface area contributed by atoms with Crippen LogP contribution in [0.5, 0.6) is 0 Å². The van der Waals surface area contributed by atoms with Crippen LogP contribution in [0.4, 0.5) is 4.79 Å². The number of rotatable bonds is 6. The normalized spacial score (nSPS) is 23.6. The van der Waals surface area contributed by atoms with Gasteiger partial charge in [0.2, 0.25) is 0 Å². The largest absolute Gasteiger partial charge is 0.480 e. The lowest BCUT2D eigenvalue weighted by Crippen LogP contribution is -2.41. The van der Waals surface area contributed by atoms with Crippen molar-refractivity contribution in [1.29, 1.82) is 0 Å². The van der Waals surface area contributed by atoms with Crippen molar-refractivity contribution in [2.75, 3.05) is 6.54 Å². The van der Waals surface area contributed by atoms with Crippen LogP contribution in [-0.4, -0.2) is 58.4 Å². The van der Waals surface area contributed by atoms with Gasteiger partial charge in [0.15, 0.2) is 0 Å². The minimum Gasteiger partial charge on any atom is -0.480 e. The highest BCUT2D eigenvalue weighted by atomic mass is 16.6. The summed E-state index contributed by atoms with van der Waals surface area (Å²) in [7, 11) is 0. The molecule has 2 atom stereocenters. The molecule has 1 heterocycles. The molecule has 1 amide bonds. The van der Waals surface area contributed by atoms with E-state index >= 15 is 0 Å². The van der Waals surface area contributed by atoms with Crippen molar-refractivity contribution in [2.24, 2.45) is 0 Å². The van der Waals surface area contributed by atoms with Gasteiger partial charge in [0.1, 0.15) is 12.6 Å². The summed E-state index contributed by atoms with van der Waals surface area (Å²) >= 11 is 0. The fourth-order valence-corrected chi connectivity index (χ4v) is 5.49. The molecule has 4 rings (SSSR count). The summed E-state index contributed by atoms with van der Waals surface area (Å²) in [6, 6.07) is 10.1. The van der Waals surface area contributed by atoms with Crippen molar-refractivity contribution in [3.63, 3.8) is 0 Å². The fourth-order valence-electron chi connectivity index (χ4n) is 5.49. The van der Waals surface area contributed by atoms with Gasteiger partial charge in [-0.05, 0) is 52.0 Å². The number of carboxylic acids is 1. The number of carbonyl (C=O) groups excluding carboxylic acids is 1. The number of benzene rings is 1. The molecular weight excluding hydrogens is 456 g/mol. The van der Waals surface area contributed by atoms with Gasteiger partial charge in [0, 0.05) is 18.5 Å². The van der Waals surface area contributed by atoms with Crippen molar-refractivity contribution < 1.29 is 24.2 Å². The van der Waals surface area contributed by atoms with Crippen LogP contribution >= 0.6 is 0 Å². The molecule has 2 aliphatic carbocycles. The molecule has 0 spiro atoms. The topological polar surface area (TPSA) is 88.1 Å². The maximum absolute atomic E-state index is 12.2. The number of ether oxygens (including phenoxy) is 2. The maximum atomic E-state index is 12.2. The Balaban J connectivity index is 0.000000233. The van der Waals surface area contributed by atoms with Crippen LogP contribution in [0.25, 0.3) is 0 Å². The third-order valence-electron chi connectivity index (χ3n) is 7.19. The molecule has 0 radical (unpaired) electrons. The number of amides is 1. The Morgan fingerprint density at radius 1 is 0.944 bits per heavy atom. The van der Waals surface area contributed by atoms with Crippen molar-refractivity contribution in [3.05, 3.63) is 35.9 Å². The van der Waals surface area contributed by atoms with Gasteiger partial charge in [-0.2, -0.15) is 0 Å². The average molecular weight is 503 g/mol. The quantitative estimate of drug-likeness (QED) is 0.503. The molecule has 1 aromatic carbocycles. The number of carboxylic acid groups (broad SMARTS) is 1. The second-order valence-corrected chi connectivity index (χ2v) is 11.5. The number of nitrogens with zero attached hydrogens (tertiary/aromatic N) is 1. The van der Waals surface area contributed by atoms with Gasteiger partial charge in [-0.1, -0.05) is 68.9 Å². The van der Waals surface area contributed by atoms with Crippen LogP contribution in [-0.2, 0) is 20.9 Å². The van der Waals surface area contributed by atoms with Gasteiger partial charge in [-0.3, -0.25) is 4.90 Å². The van der Waals surface area contributed by atoms with E-state index in [1.165, 1.54) is 69.1 Å². The average Bonchev–Trinajstić information content (AvgIpc) is 3.28. The van der Waals surface area contributed by atoms with E-state index in [1.807, 2.05) is 51.1 Å². The summed E-state index contributed by atoms with van der Waals surface area (Å²) in [5.74, 6) is -1.04. The van der Waals surface area contributed by atoms with Crippen LogP contribution in [0, 0.1) is 0 Å². The van der Waals surface area contributed by atoms with E-state index in [4.69, 9.17) is 9.47 Å². The second-order valence-electron chi connectivity index (χ2n) is 11.5. The summed E-state index contributed by atoms with van der Waals surface area (Å²) in [6.07, 6.45) is 13.9. The lowest BCUT2D eigenvalue weighted by atomic mass is 9.91. The van der Waals surface area contributed by atoms with E-state index in [9.17, 15) is 14.7 Å². The highest BCUT2D eigenvalue weighted by Crippen LogP contribution is 2.26. The number of nitrogens with one attached hydrogen (secondary N) is 1. The Morgan fingerprint density at radius 3 is 2.00 bits per heavy atom. The molecule has 36 heavy (non-hydrogen) atoms. The van der Waals surface area contributed by atoms with E-state index in [1.54, 1.807) is 0 Å². The van der Waals surface area contributed by atoms with Crippen LogP contribution in [0.2, 0.25) is 0 Å². The van der Waals surface area contributed by atoms with Crippen molar-refractivity contribution in [1.82, 2.24) is 10.2 Å². The zero-order valence-electron chi connectivity index (χ0n) is 22.4. The summed E-state index contributed by atoms with van der Waals surface area (Å²) in [5, 5.41) is 13.2. The Morgan fingerprint density at radius 2 is 1.50 bits per heavy atom. The molecule has 2 saturated carbocycles. The van der Waals surface area contributed by atoms with Gasteiger partial charge in [-0.25, -0.2) is 9.59 Å². The Labute approximate surface area is 216 Å². The fraction of sp³-hybridized carbons (Fsp3) is 0.724. The SMILES string of the molecule is C1CCC(NC2CCCCC2)CC1.CC(C)(C)OC1CC(C(=O)O)N(C(=O)OCc2ccccc2)C1. The number of likely N-dealkylation sites (tertiary alicyclic amines) is 1. The second kappa shape index (κ2) is 14.0. The maximum Gasteiger partial charge on any atom is 0.410 e. The standard InChI is InChI=1S/C17H23NO5.C12H23N/c1-17(2,3)23-13-9-14(15(19)20)18(10-13)16(21)22-11-12-7-5-4-6-8-12;1-3-7-11(8-4-1)13-12-9-5-2-6-10-12/h4-8,13-14H,9-11H2,1-3H3,(H,19,20);11-13H,1-10H2.